The lowest BCUT2D eigenvalue weighted by molar-refractivity contribution is -0.140. The predicted molar refractivity (Wildman–Crippen MR) is 176 cm³/mol. The molecule has 0 fully saturated rings. The van der Waals surface area contributed by atoms with E-state index in [1.807, 2.05) is 82.3 Å². The fraction of sp³-hybridized carbons (Fsp3) is 0.257. The number of nitrogens with zero attached hydrogens (tertiary/aromatic N) is 2. The standard InChI is InChI=1S/C35H38ClN3O4S/c1-26-18-20-28(21-19-26)24-38(32(34(41)37-35(2,3)4)22-27-12-7-5-8-13-27)33(40)25-39(30-15-11-14-29(36)23-30)44(42,43)31-16-9-6-10-17-31/h5-21,23,32H,22,24-25H2,1-4H3,(H,37,41)/t32-/m0/s1. The van der Waals surface area contributed by atoms with Gasteiger partial charge in [0.1, 0.15) is 12.6 Å². The summed E-state index contributed by atoms with van der Waals surface area (Å²) in [5.74, 6) is -0.864. The van der Waals surface area contributed by atoms with E-state index in [1.54, 1.807) is 36.4 Å². The van der Waals surface area contributed by atoms with E-state index >= 15 is 0 Å². The lowest BCUT2D eigenvalue weighted by Gasteiger charge is -2.35. The number of anilines is 1. The van der Waals surface area contributed by atoms with Crippen LogP contribution < -0.4 is 9.62 Å². The van der Waals surface area contributed by atoms with E-state index in [2.05, 4.69) is 5.32 Å². The van der Waals surface area contributed by atoms with Gasteiger partial charge in [-0.3, -0.25) is 13.9 Å². The zero-order valence-electron chi connectivity index (χ0n) is 25.4. The maximum absolute atomic E-state index is 14.5. The highest BCUT2D eigenvalue weighted by molar-refractivity contribution is 7.92. The fourth-order valence-corrected chi connectivity index (χ4v) is 6.39. The molecule has 44 heavy (non-hydrogen) atoms. The van der Waals surface area contributed by atoms with Gasteiger partial charge in [-0.1, -0.05) is 96.0 Å². The van der Waals surface area contributed by atoms with Crippen LogP contribution in [0, 0.1) is 6.92 Å². The molecule has 0 saturated heterocycles. The second kappa shape index (κ2) is 14.1. The van der Waals surface area contributed by atoms with E-state index in [4.69, 9.17) is 11.6 Å². The Bertz CT molecular complexity index is 1670. The van der Waals surface area contributed by atoms with Gasteiger partial charge in [-0.05, 0) is 69.2 Å². The van der Waals surface area contributed by atoms with Gasteiger partial charge in [0.2, 0.25) is 11.8 Å². The normalized spacial score (nSPS) is 12.3. The van der Waals surface area contributed by atoms with Gasteiger partial charge >= 0.3 is 0 Å². The maximum Gasteiger partial charge on any atom is 0.264 e. The summed E-state index contributed by atoms with van der Waals surface area (Å²) < 4.78 is 29.1. The van der Waals surface area contributed by atoms with Crippen molar-refractivity contribution in [2.75, 3.05) is 10.8 Å². The molecule has 0 aliphatic heterocycles. The van der Waals surface area contributed by atoms with Crippen LogP contribution in [-0.2, 0) is 32.6 Å². The van der Waals surface area contributed by atoms with Crippen molar-refractivity contribution in [3.8, 4) is 0 Å². The van der Waals surface area contributed by atoms with Gasteiger partial charge in [0.25, 0.3) is 10.0 Å². The van der Waals surface area contributed by atoms with Gasteiger partial charge in [0.05, 0.1) is 10.6 Å². The first-order valence-corrected chi connectivity index (χ1v) is 16.2. The molecule has 1 atom stereocenters. The quantitative estimate of drug-likeness (QED) is 0.208. The average Bonchev–Trinajstić information content (AvgIpc) is 2.98. The molecule has 0 aliphatic carbocycles. The number of amides is 2. The minimum Gasteiger partial charge on any atom is -0.350 e. The van der Waals surface area contributed by atoms with Crippen molar-refractivity contribution >= 4 is 39.1 Å². The van der Waals surface area contributed by atoms with Gasteiger partial charge in [-0.2, -0.15) is 0 Å². The Labute approximate surface area is 265 Å². The van der Waals surface area contributed by atoms with Crippen molar-refractivity contribution in [1.82, 2.24) is 10.2 Å². The lowest BCUT2D eigenvalue weighted by atomic mass is 10.0. The Balaban J connectivity index is 1.81. The first-order valence-electron chi connectivity index (χ1n) is 14.4. The maximum atomic E-state index is 14.5. The Kier molecular flexibility index (Phi) is 10.5. The van der Waals surface area contributed by atoms with Crippen LogP contribution in [0.15, 0.2) is 114 Å². The summed E-state index contributed by atoms with van der Waals surface area (Å²) in [6.07, 6.45) is 0.239. The third-order valence-corrected chi connectivity index (χ3v) is 8.97. The highest BCUT2D eigenvalue weighted by Crippen LogP contribution is 2.27. The van der Waals surface area contributed by atoms with Crippen LogP contribution in [-0.4, -0.2) is 43.3 Å². The average molecular weight is 632 g/mol. The van der Waals surface area contributed by atoms with Crippen LogP contribution in [0.25, 0.3) is 0 Å². The zero-order chi connectivity index (χ0) is 31.9. The zero-order valence-corrected chi connectivity index (χ0v) is 27.0. The Hall–Kier alpha value is -4.14. The van der Waals surface area contributed by atoms with Crippen molar-refractivity contribution < 1.29 is 18.0 Å². The number of rotatable bonds is 11. The van der Waals surface area contributed by atoms with Crippen molar-refractivity contribution in [1.29, 1.82) is 0 Å². The summed E-state index contributed by atoms with van der Waals surface area (Å²) in [5.41, 5.74) is 2.41. The van der Waals surface area contributed by atoms with Crippen LogP contribution in [0.3, 0.4) is 0 Å². The second-order valence-electron chi connectivity index (χ2n) is 11.8. The number of sulfonamides is 1. The number of aryl methyl sites for hydroxylation is 1. The molecule has 4 rings (SSSR count). The molecule has 0 heterocycles. The molecule has 230 valence electrons. The lowest BCUT2D eigenvalue weighted by Crippen LogP contribution is -2.56. The molecule has 0 saturated carbocycles. The highest BCUT2D eigenvalue weighted by Gasteiger charge is 2.35. The summed E-state index contributed by atoms with van der Waals surface area (Å²) in [5, 5.41) is 3.36. The fourth-order valence-electron chi connectivity index (χ4n) is 4.78. The molecule has 0 radical (unpaired) electrons. The van der Waals surface area contributed by atoms with Crippen LogP contribution in [0.2, 0.25) is 5.02 Å². The number of carbonyl (C=O) groups excluding carboxylic acids is 2. The molecule has 0 bridgehead atoms. The van der Waals surface area contributed by atoms with Crippen molar-refractivity contribution in [3.05, 3.63) is 131 Å². The molecule has 2 amide bonds. The van der Waals surface area contributed by atoms with Crippen LogP contribution in [0.4, 0.5) is 5.69 Å². The topological polar surface area (TPSA) is 86.8 Å². The summed E-state index contributed by atoms with van der Waals surface area (Å²) in [4.78, 5) is 29.9. The number of halogens is 1. The molecule has 0 unspecified atom stereocenters. The minimum absolute atomic E-state index is 0.0316. The highest BCUT2D eigenvalue weighted by atomic mass is 35.5. The summed E-state index contributed by atoms with van der Waals surface area (Å²) in [6, 6.07) is 30.6. The van der Waals surface area contributed by atoms with Gasteiger partial charge in [-0.15, -0.1) is 0 Å². The van der Waals surface area contributed by atoms with Crippen molar-refractivity contribution in [3.63, 3.8) is 0 Å². The molecule has 0 aliphatic rings. The van der Waals surface area contributed by atoms with Crippen LogP contribution in [0.1, 0.15) is 37.5 Å². The van der Waals surface area contributed by atoms with E-state index in [9.17, 15) is 18.0 Å². The summed E-state index contributed by atoms with van der Waals surface area (Å²) in [7, 11) is -4.18. The van der Waals surface area contributed by atoms with Gasteiger partial charge < -0.3 is 10.2 Å². The van der Waals surface area contributed by atoms with E-state index < -0.39 is 34.1 Å². The summed E-state index contributed by atoms with van der Waals surface area (Å²) >= 11 is 6.28. The molecule has 7 nitrogen and oxygen atoms in total. The largest absolute Gasteiger partial charge is 0.350 e. The van der Waals surface area contributed by atoms with Gasteiger partial charge in [0.15, 0.2) is 0 Å². The van der Waals surface area contributed by atoms with Crippen molar-refractivity contribution in [2.24, 2.45) is 0 Å². The molecule has 1 N–H and O–H groups in total. The third-order valence-electron chi connectivity index (χ3n) is 6.95. The van der Waals surface area contributed by atoms with Gasteiger partial charge in [-0.25, -0.2) is 8.42 Å². The number of carbonyl (C=O) groups is 2. The molecule has 4 aromatic rings. The van der Waals surface area contributed by atoms with E-state index in [1.165, 1.54) is 23.1 Å². The Morgan fingerprint density at radius 3 is 2.02 bits per heavy atom. The third kappa shape index (κ3) is 8.71. The molecular weight excluding hydrogens is 594 g/mol. The minimum atomic E-state index is -4.18. The van der Waals surface area contributed by atoms with Crippen LogP contribution in [0.5, 0.6) is 0 Å². The van der Waals surface area contributed by atoms with Crippen molar-refractivity contribution in [2.45, 2.75) is 57.1 Å². The van der Waals surface area contributed by atoms with Crippen LogP contribution >= 0.6 is 11.6 Å². The monoisotopic (exact) mass is 631 g/mol. The van der Waals surface area contributed by atoms with Gasteiger partial charge in [0, 0.05) is 23.5 Å². The molecule has 0 aromatic heterocycles. The molecular formula is C35H38ClN3O4S. The summed E-state index contributed by atoms with van der Waals surface area (Å²) in [6.45, 7) is 7.16. The van der Waals surface area contributed by atoms with E-state index in [-0.39, 0.29) is 29.5 Å². The van der Waals surface area contributed by atoms with E-state index in [0.717, 1.165) is 21.0 Å². The number of nitrogens with one attached hydrogen (secondary N) is 1. The number of benzene rings is 4. The number of hydrogen-bond donors (Lipinski definition) is 1. The SMILES string of the molecule is Cc1ccc(CN(C(=O)CN(c2cccc(Cl)c2)S(=O)(=O)c2ccccc2)[C@@H](Cc2ccccc2)C(=O)NC(C)(C)C)cc1. The predicted octanol–water partition coefficient (Wildman–Crippen LogP) is 6.40. The Morgan fingerprint density at radius 2 is 1.43 bits per heavy atom. The number of hydrogen-bond acceptors (Lipinski definition) is 4. The Morgan fingerprint density at radius 1 is 0.818 bits per heavy atom. The smallest absolute Gasteiger partial charge is 0.264 e. The second-order valence-corrected chi connectivity index (χ2v) is 14.1. The first kappa shape index (κ1) is 32.8. The first-order chi connectivity index (χ1) is 20.8. The molecule has 4 aromatic carbocycles. The molecule has 0 spiro atoms. The van der Waals surface area contributed by atoms with E-state index in [0.29, 0.717) is 5.02 Å². The molecule has 9 heteroatoms.